The lowest BCUT2D eigenvalue weighted by Crippen LogP contribution is -2.43. The van der Waals surface area contributed by atoms with E-state index in [1.54, 1.807) is 12.4 Å². The highest BCUT2D eigenvalue weighted by Gasteiger charge is 2.15. The van der Waals surface area contributed by atoms with E-state index >= 15 is 0 Å². The molecule has 1 amide bonds. The Morgan fingerprint density at radius 2 is 2.04 bits per heavy atom. The molecule has 0 saturated carbocycles. The molecule has 2 heterocycles. The van der Waals surface area contributed by atoms with Crippen LogP contribution >= 0.6 is 0 Å². The molecule has 1 fully saturated rings. The zero-order valence-corrected chi connectivity index (χ0v) is 14.2. The Morgan fingerprint density at radius 3 is 2.84 bits per heavy atom. The number of nitrogens with zero attached hydrogens (tertiary/aromatic N) is 2. The average Bonchev–Trinajstić information content (AvgIpc) is 3.12. The van der Waals surface area contributed by atoms with Crippen LogP contribution in [0.4, 0.5) is 11.4 Å². The van der Waals surface area contributed by atoms with E-state index in [-0.39, 0.29) is 5.91 Å². The summed E-state index contributed by atoms with van der Waals surface area (Å²) in [6, 6.07) is 11.7. The molecule has 3 N–H and O–H groups in total. The summed E-state index contributed by atoms with van der Waals surface area (Å²) >= 11 is 0. The van der Waals surface area contributed by atoms with Gasteiger partial charge in [-0.1, -0.05) is 6.07 Å². The van der Waals surface area contributed by atoms with Crippen molar-refractivity contribution in [2.24, 2.45) is 0 Å². The van der Waals surface area contributed by atoms with Gasteiger partial charge >= 0.3 is 0 Å². The highest BCUT2D eigenvalue weighted by molar-refractivity contribution is 6.11. The number of aromatic amines is 1. The highest BCUT2D eigenvalue weighted by Crippen LogP contribution is 2.24. The number of anilines is 2. The van der Waals surface area contributed by atoms with Crippen LogP contribution in [0, 0.1) is 6.92 Å². The van der Waals surface area contributed by atoms with Crippen LogP contribution in [0.3, 0.4) is 0 Å². The minimum atomic E-state index is -0.143. The number of aryl methyl sites for hydroxylation is 1. The van der Waals surface area contributed by atoms with Crippen molar-refractivity contribution in [2.75, 3.05) is 36.4 Å². The van der Waals surface area contributed by atoms with Crippen LogP contribution in [0.5, 0.6) is 0 Å². The predicted molar refractivity (Wildman–Crippen MR) is 100 cm³/mol. The molecule has 0 atom stereocenters. The third-order valence-electron chi connectivity index (χ3n) is 4.63. The first-order valence-electron chi connectivity index (χ1n) is 8.52. The van der Waals surface area contributed by atoms with Gasteiger partial charge in [-0.15, -0.1) is 0 Å². The van der Waals surface area contributed by atoms with Gasteiger partial charge in [0, 0.05) is 37.6 Å². The quantitative estimate of drug-likeness (QED) is 0.688. The molecular weight excluding hydrogens is 314 g/mol. The van der Waals surface area contributed by atoms with Crippen molar-refractivity contribution in [2.45, 2.75) is 6.92 Å². The molecule has 0 unspecified atom stereocenters. The Kier molecular flexibility index (Phi) is 4.11. The van der Waals surface area contributed by atoms with E-state index in [0.717, 1.165) is 42.9 Å². The molecule has 0 radical (unpaired) electrons. The van der Waals surface area contributed by atoms with Crippen molar-refractivity contribution >= 4 is 28.3 Å². The molecule has 0 spiro atoms. The smallest absolute Gasteiger partial charge is 0.257 e. The summed E-state index contributed by atoms with van der Waals surface area (Å²) in [5.41, 5.74) is 5.21. The molecule has 25 heavy (non-hydrogen) atoms. The monoisotopic (exact) mass is 335 g/mol. The largest absolute Gasteiger partial charge is 0.369 e. The number of hydrogen-bond donors (Lipinski definition) is 3. The normalized spacial score (nSPS) is 14.7. The van der Waals surface area contributed by atoms with E-state index in [0.29, 0.717) is 11.1 Å². The van der Waals surface area contributed by atoms with Gasteiger partial charge in [0.15, 0.2) is 0 Å². The fourth-order valence-corrected chi connectivity index (χ4v) is 3.25. The standard InChI is InChI=1S/C19H21N5O/c1-13-11-14(24-9-7-20-8-10-24)5-6-16(13)23-19(25)15-3-2-4-17-18(15)22-12-21-17/h2-6,11-12,20H,7-10H2,1H3,(H,21,22)(H,23,25). The zero-order valence-electron chi connectivity index (χ0n) is 14.2. The SMILES string of the molecule is Cc1cc(N2CCNCC2)ccc1NC(=O)c1cccc2[nH]cnc12. The van der Waals surface area contributed by atoms with Gasteiger partial charge in [-0.2, -0.15) is 0 Å². The van der Waals surface area contributed by atoms with Crippen LogP contribution in [0.1, 0.15) is 15.9 Å². The fraction of sp³-hybridized carbons (Fsp3) is 0.263. The second-order valence-electron chi connectivity index (χ2n) is 6.29. The summed E-state index contributed by atoms with van der Waals surface area (Å²) in [6.07, 6.45) is 1.61. The number of aromatic nitrogens is 2. The number of imidazole rings is 1. The van der Waals surface area contributed by atoms with Gasteiger partial charge in [0.1, 0.15) is 5.52 Å². The lowest BCUT2D eigenvalue weighted by Gasteiger charge is -2.30. The molecule has 4 rings (SSSR count). The van der Waals surface area contributed by atoms with E-state index in [1.165, 1.54) is 5.69 Å². The number of H-pyrrole nitrogens is 1. The third-order valence-corrected chi connectivity index (χ3v) is 4.63. The van der Waals surface area contributed by atoms with Crippen LogP contribution in [0.25, 0.3) is 11.0 Å². The number of fused-ring (bicyclic) bond motifs is 1. The number of carbonyl (C=O) groups excluding carboxylic acids is 1. The second kappa shape index (κ2) is 6.57. The van der Waals surface area contributed by atoms with Crippen LogP contribution in [0.2, 0.25) is 0 Å². The molecule has 1 aromatic heterocycles. The van der Waals surface area contributed by atoms with Gasteiger partial charge in [0.2, 0.25) is 0 Å². The number of nitrogens with one attached hydrogen (secondary N) is 3. The molecule has 128 valence electrons. The van der Waals surface area contributed by atoms with E-state index in [1.807, 2.05) is 25.1 Å². The topological polar surface area (TPSA) is 73.0 Å². The molecule has 0 aliphatic carbocycles. The molecule has 2 aromatic carbocycles. The Labute approximate surface area is 146 Å². The van der Waals surface area contributed by atoms with Crippen molar-refractivity contribution in [1.82, 2.24) is 15.3 Å². The maximum atomic E-state index is 12.7. The first kappa shape index (κ1) is 15.7. The molecule has 1 saturated heterocycles. The summed E-state index contributed by atoms with van der Waals surface area (Å²) < 4.78 is 0. The lowest BCUT2D eigenvalue weighted by molar-refractivity contribution is 0.102. The van der Waals surface area contributed by atoms with Crippen LogP contribution in [-0.2, 0) is 0 Å². The zero-order chi connectivity index (χ0) is 17.2. The Bertz CT molecular complexity index is 911. The van der Waals surface area contributed by atoms with Crippen molar-refractivity contribution in [3.63, 3.8) is 0 Å². The third kappa shape index (κ3) is 3.08. The molecule has 1 aliphatic heterocycles. The lowest BCUT2D eigenvalue weighted by atomic mass is 10.1. The number of rotatable bonds is 3. The van der Waals surface area contributed by atoms with Crippen molar-refractivity contribution < 1.29 is 4.79 Å². The van der Waals surface area contributed by atoms with Crippen LogP contribution in [0.15, 0.2) is 42.7 Å². The number of carbonyl (C=O) groups is 1. The fourth-order valence-electron chi connectivity index (χ4n) is 3.25. The minimum absolute atomic E-state index is 0.143. The summed E-state index contributed by atoms with van der Waals surface area (Å²) in [6.45, 7) is 6.05. The molecule has 1 aliphatic rings. The number of piperazine rings is 1. The maximum Gasteiger partial charge on any atom is 0.257 e. The molecule has 0 bridgehead atoms. The number of para-hydroxylation sites is 1. The minimum Gasteiger partial charge on any atom is -0.369 e. The predicted octanol–water partition coefficient (Wildman–Crippen LogP) is 2.53. The van der Waals surface area contributed by atoms with Gasteiger partial charge in [-0.3, -0.25) is 4.79 Å². The van der Waals surface area contributed by atoms with E-state index < -0.39 is 0 Å². The average molecular weight is 335 g/mol. The molecule has 6 nitrogen and oxygen atoms in total. The summed E-state index contributed by atoms with van der Waals surface area (Å²) in [5, 5.41) is 6.37. The molecule has 3 aromatic rings. The van der Waals surface area contributed by atoms with Gasteiger partial charge in [-0.25, -0.2) is 4.98 Å². The van der Waals surface area contributed by atoms with E-state index in [9.17, 15) is 4.79 Å². The van der Waals surface area contributed by atoms with Crippen molar-refractivity contribution in [1.29, 1.82) is 0 Å². The second-order valence-corrected chi connectivity index (χ2v) is 6.29. The highest BCUT2D eigenvalue weighted by atomic mass is 16.1. The van der Waals surface area contributed by atoms with Crippen LogP contribution in [-0.4, -0.2) is 42.1 Å². The van der Waals surface area contributed by atoms with Crippen molar-refractivity contribution in [3.8, 4) is 0 Å². The first-order valence-corrected chi connectivity index (χ1v) is 8.52. The Balaban J connectivity index is 1.56. The summed E-state index contributed by atoms with van der Waals surface area (Å²) in [4.78, 5) is 22.3. The summed E-state index contributed by atoms with van der Waals surface area (Å²) in [5.74, 6) is -0.143. The van der Waals surface area contributed by atoms with Crippen molar-refractivity contribution in [3.05, 3.63) is 53.9 Å². The number of hydrogen-bond acceptors (Lipinski definition) is 4. The molecule has 6 heteroatoms. The van der Waals surface area contributed by atoms with Crippen LogP contribution < -0.4 is 15.5 Å². The van der Waals surface area contributed by atoms with Gasteiger partial charge in [0.05, 0.1) is 17.4 Å². The first-order chi connectivity index (χ1) is 12.2. The maximum absolute atomic E-state index is 12.7. The summed E-state index contributed by atoms with van der Waals surface area (Å²) in [7, 11) is 0. The van der Waals surface area contributed by atoms with Gasteiger partial charge in [0.25, 0.3) is 5.91 Å². The number of benzene rings is 2. The number of amides is 1. The van der Waals surface area contributed by atoms with E-state index in [2.05, 4.69) is 37.6 Å². The van der Waals surface area contributed by atoms with Gasteiger partial charge < -0.3 is 20.5 Å². The Hall–Kier alpha value is -2.86. The van der Waals surface area contributed by atoms with E-state index in [4.69, 9.17) is 0 Å². The molecular formula is C19H21N5O. The Morgan fingerprint density at radius 1 is 1.20 bits per heavy atom. The van der Waals surface area contributed by atoms with Gasteiger partial charge in [-0.05, 0) is 42.8 Å².